The fourth-order valence-electron chi connectivity index (χ4n) is 2.93. The summed E-state index contributed by atoms with van der Waals surface area (Å²) in [6.45, 7) is 9.46. The van der Waals surface area contributed by atoms with Crippen molar-refractivity contribution in [2.75, 3.05) is 13.2 Å². The van der Waals surface area contributed by atoms with Gasteiger partial charge in [0.15, 0.2) is 0 Å². The summed E-state index contributed by atoms with van der Waals surface area (Å²) in [5, 5.41) is 0. The van der Waals surface area contributed by atoms with Crippen molar-refractivity contribution >= 4 is 11.9 Å². The maximum absolute atomic E-state index is 12.4. The van der Waals surface area contributed by atoms with Gasteiger partial charge in [0, 0.05) is 0 Å². The zero-order valence-electron chi connectivity index (χ0n) is 17.7. The second-order valence-corrected chi connectivity index (χ2v) is 7.30. The minimum atomic E-state index is -0.0839. The minimum Gasteiger partial charge on any atom is -0.465 e. The van der Waals surface area contributed by atoms with Gasteiger partial charge in [0.1, 0.15) is 0 Å². The number of hydrogen-bond donors (Lipinski definition) is 0. The van der Waals surface area contributed by atoms with Gasteiger partial charge in [-0.2, -0.15) is 0 Å². The monoisotopic (exact) mass is 370 g/mol. The number of carbonyl (C=O) groups is 2. The van der Waals surface area contributed by atoms with E-state index in [0.717, 1.165) is 77.0 Å². The van der Waals surface area contributed by atoms with Gasteiger partial charge < -0.3 is 9.47 Å². The predicted octanol–water partition coefficient (Wildman–Crippen LogP) is 6.07. The molecule has 0 spiro atoms. The van der Waals surface area contributed by atoms with E-state index in [9.17, 15) is 9.59 Å². The highest BCUT2D eigenvalue weighted by molar-refractivity contribution is 5.73. The molecule has 0 aliphatic heterocycles. The summed E-state index contributed by atoms with van der Waals surface area (Å²) in [7, 11) is 0. The number of ether oxygens (including phenoxy) is 2. The first-order chi connectivity index (χ1) is 12.6. The molecule has 2 atom stereocenters. The van der Waals surface area contributed by atoms with Crippen LogP contribution in [0.5, 0.6) is 0 Å². The van der Waals surface area contributed by atoms with Crippen molar-refractivity contribution < 1.29 is 19.1 Å². The summed E-state index contributed by atoms with van der Waals surface area (Å²) in [6, 6.07) is 0. The third-order valence-electron chi connectivity index (χ3n) is 4.83. The van der Waals surface area contributed by atoms with E-state index in [1.165, 1.54) is 0 Å². The first-order valence-electron chi connectivity index (χ1n) is 10.9. The van der Waals surface area contributed by atoms with E-state index in [1.54, 1.807) is 0 Å². The van der Waals surface area contributed by atoms with E-state index < -0.39 is 0 Å². The van der Waals surface area contributed by atoms with Crippen molar-refractivity contribution in [2.24, 2.45) is 11.8 Å². The summed E-state index contributed by atoms with van der Waals surface area (Å²) in [4.78, 5) is 24.8. The SMILES string of the molecule is CCCCOC(=O)C(CCCC)CCC(CCCC)C(=O)OCCCC. The normalized spacial score (nSPS) is 13.2. The first-order valence-corrected chi connectivity index (χ1v) is 10.9. The van der Waals surface area contributed by atoms with E-state index in [4.69, 9.17) is 9.47 Å². The molecule has 0 fully saturated rings. The molecule has 0 aliphatic rings. The van der Waals surface area contributed by atoms with E-state index in [0.29, 0.717) is 13.2 Å². The highest BCUT2D eigenvalue weighted by Gasteiger charge is 2.25. The third-order valence-corrected chi connectivity index (χ3v) is 4.83. The van der Waals surface area contributed by atoms with Gasteiger partial charge in [-0.05, 0) is 38.5 Å². The standard InChI is InChI=1S/C22H42O4/c1-5-9-13-19(21(23)25-17-11-7-3)15-16-20(14-10-6-2)22(24)26-18-12-8-4/h19-20H,5-18H2,1-4H3. The fourth-order valence-corrected chi connectivity index (χ4v) is 2.93. The summed E-state index contributed by atoms with van der Waals surface area (Å²) >= 11 is 0. The second-order valence-electron chi connectivity index (χ2n) is 7.30. The Morgan fingerprint density at radius 2 is 0.923 bits per heavy atom. The van der Waals surface area contributed by atoms with Crippen LogP contribution in [-0.2, 0) is 19.1 Å². The minimum absolute atomic E-state index is 0.0829. The van der Waals surface area contributed by atoms with Crippen LogP contribution in [0.3, 0.4) is 0 Å². The average molecular weight is 371 g/mol. The highest BCUT2D eigenvalue weighted by Crippen LogP contribution is 2.24. The van der Waals surface area contributed by atoms with Crippen LogP contribution in [0, 0.1) is 11.8 Å². The molecule has 0 saturated heterocycles. The molecular formula is C22H42O4. The Bertz CT molecular complexity index is 320. The Morgan fingerprint density at radius 1 is 0.577 bits per heavy atom. The summed E-state index contributed by atoms with van der Waals surface area (Å²) in [5.74, 6) is -0.334. The van der Waals surface area contributed by atoms with Gasteiger partial charge >= 0.3 is 11.9 Å². The van der Waals surface area contributed by atoms with Gasteiger partial charge in [-0.3, -0.25) is 9.59 Å². The van der Waals surface area contributed by atoms with Gasteiger partial charge in [-0.25, -0.2) is 0 Å². The molecule has 0 aliphatic carbocycles. The van der Waals surface area contributed by atoms with Crippen LogP contribution in [0.1, 0.15) is 105 Å². The highest BCUT2D eigenvalue weighted by atomic mass is 16.5. The lowest BCUT2D eigenvalue weighted by atomic mass is 9.89. The Kier molecular flexibility index (Phi) is 16.7. The Morgan fingerprint density at radius 3 is 1.23 bits per heavy atom. The van der Waals surface area contributed by atoms with E-state index in [2.05, 4.69) is 27.7 Å². The number of unbranched alkanes of at least 4 members (excludes halogenated alkanes) is 4. The topological polar surface area (TPSA) is 52.6 Å². The zero-order chi connectivity index (χ0) is 19.6. The van der Waals surface area contributed by atoms with Crippen molar-refractivity contribution in [2.45, 2.75) is 105 Å². The molecule has 4 nitrogen and oxygen atoms in total. The molecular weight excluding hydrogens is 328 g/mol. The van der Waals surface area contributed by atoms with Crippen LogP contribution >= 0.6 is 0 Å². The summed E-state index contributed by atoms with van der Waals surface area (Å²) in [6.07, 6.45) is 11.2. The largest absolute Gasteiger partial charge is 0.465 e. The Balaban J connectivity index is 4.63. The van der Waals surface area contributed by atoms with E-state index in [-0.39, 0.29) is 23.8 Å². The van der Waals surface area contributed by atoms with Gasteiger partial charge in [-0.15, -0.1) is 0 Å². The van der Waals surface area contributed by atoms with Crippen LogP contribution in [0.2, 0.25) is 0 Å². The van der Waals surface area contributed by atoms with Gasteiger partial charge in [0.25, 0.3) is 0 Å². The molecule has 26 heavy (non-hydrogen) atoms. The smallest absolute Gasteiger partial charge is 0.308 e. The molecule has 0 aromatic heterocycles. The molecule has 0 heterocycles. The molecule has 0 amide bonds. The molecule has 4 heteroatoms. The Hall–Kier alpha value is -1.06. The number of rotatable bonds is 17. The molecule has 2 unspecified atom stereocenters. The first kappa shape index (κ1) is 24.9. The third kappa shape index (κ3) is 12.3. The molecule has 0 aromatic rings. The molecule has 0 bridgehead atoms. The van der Waals surface area contributed by atoms with Crippen LogP contribution < -0.4 is 0 Å². The lowest BCUT2D eigenvalue weighted by molar-refractivity contribution is -0.152. The van der Waals surface area contributed by atoms with Crippen LogP contribution in [0.25, 0.3) is 0 Å². The maximum atomic E-state index is 12.4. The van der Waals surface area contributed by atoms with Gasteiger partial charge in [0.05, 0.1) is 25.0 Å². The lowest BCUT2D eigenvalue weighted by Gasteiger charge is -2.20. The molecule has 0 radical (unpaired) electrons. The van der Waals surface area contributed by atoms with Crippen molar-refractivity contribution in [3.05, 3.63) is 0 Å². The predicted molar refractivity (Wildman–Crippen MR) is 107 cm³/mol. The van der Waals surface area contributed by atoms with Crippen molar-refractivity contribution in [3.63, 3.8) is 0 Å². The molecule has 154 valence electrons. The van der Waals surface area contributed by atoms with Gasteiger partial charge in [-0.1, -0.05) is 66.2 Å². The van der Waals surface area contributed by atoms with Crippen molar-refractivity contribution in [3.8, 4) is 0 Å². The van der Waals surface area contributed by atoms with Crippen LogP contribution in [0.15, 0.2) is 0 Å². The lowest BCUT2D eigenvalue weighted by Crippen LogP contribution is -2.23. The summed E-state index contributed by atoms with van der Waals surface area (Å²) < 4.78 is 10.9. The molecule has 0 N–H and O–H groups in total. The van der Waals surface area contributed by atoms with E-state index >= 15 is 0 Å². The number of carbonyl (C=O) groups excluding carboxylic acids is 2. The summed E-state index contributed by atoms with van der Waals surface area (Å²) in [5.41, 5.74) is 0. The zero-order valence-corrected chi connectivity index (χ0v) is 17.7. The second kappa shape index (κ2) is 17.4. The van der Waals surface area contributed by atoms with Crippen LogP contribution in [-0.4, -0.2) is 25.2 Å². The maximum Gasteiger partial charge on any atom is 0.308 e. The van der Waals surface area contributed by atoms with Crippen LogP contribution in [0.4, 0.5) is 0 Å². The van der Waals surface area contributed by atoms with E-state index in [1.807, 2.05) is 0 Å². The average Bonchev–Trinajstić information content (AvgIpc) is 2.64. The fraction of sp³-hybridized carbons (Fsp3) is 0.909. The number of esters is 2. The molecule has 0 saturated carbocycles. The van der Waals surface area contributed by atoms with Crippen molar-refractivity contribution in [1.82, 2.24) is 0 Å². The molecule has 0 aromatic carbocycles. The quantitative estimate of drug-likeness (QED) is 0.230. The molecule has 0 rings (SSSR count). The number of hydrogen-bond acceptors (Lipinski definition) is 4. The van der Waals surface area contributed by atoms with Crippen molar-refractivity contribution in [1.29, 1.82) is 0 Å². The van der Waals surface area contributed by atoms with Gasteiger partial charge in [0.2, 0.25) is 0 Å². The Labute approximate surface area is 161 Å².